The molecule has 0 aliphatic heterocycles. The molecule has 0 aliphatic carbocycles. The van der Waals surface area contributed by atoms with E-state index in [1.54, 1.807) is 18.5 Å². The van der Waals surface area contributed by atoms with Gasteiger partial charge in [0, 0.05) is 27.9 Å². The van der Waals surface area contributed by atoms with Gasteiger partial charge in [-0.25, -0.2) is 4.68 Å². The van der Waals surface area contributed by atoms with E-state index in [1.165, 1.54) is 4.68 Å². The van der Waals surface area contributed by atoms with E-state index in [0.29, 0.717) is 13.0 Å². The SMILES string of the molecule is O=c1cc(I)cnn1CCc1ccccn1. The highest BCUT2D eigenvalue weighted by Gasteiger charge is 1.99. The molecule has 0 atom stereocenters. The first-order valence-corrected chi connectivity index (χ1v) is 5.96. The second-order valence-electron chi connectivity index (χ2n) is 3.31. The topological polar surface area (TPSA) is 47.8 Å². The average molecular weight is 327 g/mol. The first-order chi connectivity index (χ1) is 7.75. The van der Waals surface area contributed by atoms with E-state index in [1.807, 2.05) is 18.2 Å². The summed E-state index contributed by atoms with van der Waals surface area (Å²) in [4.78, 5) is 15.7. The standard InChI is InChI=1S/C11H10IN3O/c12-9-7-11(16)15(14-8-9)6-4-10-3-1-2-5-13-10/h1-3,5,7-8H,4,6H2. The molecule has 0 aliphatic rings. The summed E-state index contributed by atoms with van der Waals surface area (Å²) < 4.78 is 2.31. The van der Waals surface area contributed by atoms with E-state index in [9.17, 15) is 4.79 Å². The molecule has 0 N–H and O–H groups in total. The molecule has 2 rings (SSSR count). The lowest BCUT2D eigenvalue weighted by Gasteiger charge is -2.03. The maximum atomic E-state index is 11.5. The molecule has 2 heterocycles. The molecule has 0 amide bonds. The molecule has 0 spiro atoms. The Morgan fingerprint density at radius 2 is 2.25 bits per heavy atom. The molecule has 0 bridgehead atoms. The second-order valence-corrected chi connectivity index (χ2v) is 4.55. The third kappa shape index (κ3) is 2.88. The molecule has 16 heavy (non-hydrogen) atoms. The number of aryl methyl sites for hydroxylation is 2. The molecular formula is C11H10IN3O. The van der Waals surface area contributed by atoms with Crippen molar-refractivity contribution in [3.63, 3.8) is 0 Å². The molecule has 0 aromatic carbocycles. The van der Waals surface area contributed by atoms with Gasteiger partial charge in [0.1, 0.15) is 0 Å². The van der Waals surface area contributed by atoms with Crippen LogP contribution >= 0.6 is 22.6 Å². The van der Waals surface area contributed by atoms with Crippen molar-refractivity contribution < 1.29 is 0 Å². The highest BCUT2D eigenvalue weighted by molar-refractivity contribution is 14.1. The number of nitrogens with zero attached hydrogens (tertiary/aromatic N) is 3. The highest BCUT2D eigenvalue weighted by atomic mass is 127. The number of halogens is 1. The summed E-state index contributed by atoms with van der Waals surface area (Å²) in [6.07, 6.45) is 4.15. The Kier molecular flexibility index (Phi) is 3.66. The maximum Gasteiger partial charge on any atom is 0.267 e. The average Bonchev–Trinajstić information content (AvgIpc) is 2.29. The molecule has 0 radical (unpaired) electrons. The van der Waals surface area contributed by atoms with Crippen molar-refractivity contribution in [1.82, 2.24) is 14.8 Å². The van der Waals surface area contributed by atoms with Crippen LogP contribution in [0.25, 0.3) is 0 Å². The third-order valence-corrected chi connectivity index (χ3v) is 2.73. The molecule has 0 fully saturated rings. The summed E-state index contributed by atoms with van der Waals surface area (Å²) in [6, 6.07) is 7.33. The normalized spacial score (nSPS) is 10.3. The zero-order valence-corrected chi connectivity index (χ0v) is 10.7. The Labute approximate surface area is 106 Å². The van der Waals surface area contributed by atoms with Gasteiger partial charge in [-0.1, -0.05) is 6.07 Å². The molecule has 2 aromatic heterocycles. The van der Waals surface area contributed by atoms with Crippen molar-refractivity contribution in [3.05, 3.63) is 56.3 Å². The van der Waals surface area contributed by atoms with Crippen LogP contribution in [-0.4, -0.2) is 14.8 Å². The van der Waals surface area contributed by atoms with Crippen LogP contribution in [0.3, 0.4) is 0 Å². The second kappa shape index (κ2) is 5.20. The summed E-state index contributed by atoms with van der Waals surface area (Å²) in [5, 5.41) is 4.06. The van der Waals surface area contributed by atoms with E-state index in [2.05, 4.69) is 32.7 Å². The number of pyridine rings is 1. The third-order valence-electron chi connectivity index (χ3n) is 2.14. The zero-order valence-electron chi connectivity index (χ0n) is 8.51. The van der Waals surface area contributed by atoms with E-state index >= 15 is 0 Å². The number of aromatic nitrogens is 3. The van der Waals surface area contributed by atoms with Crippen LogP contribution in [0.15, 0.2) is 41.5 Å². The molecule has 0 saturated heterocycles. The Morgan fingerprint density at radius 1 is 1.38 bits per heavy atom. The van der Waals surface area contributed by atoms with Crippen LogP contribution in [-0.2, 0) is 13.0 Å². The van der Waals surface area contributed by atoms with Crippen LogP contribution in [0.4, 0.5) is 0 Å². The van der Waals surface area contributed by atoms with Gasteiger partial charge >= 0.3 is 0 Å². The van der Waals surface area contributed by atoms with Crippen LogP contribution in [0.1, 0.15) is 5.69 Å². The van der Waals surface area contributed by atoms with Crippen LogP contribution in [0.5, 0.6) is 0 Å². The Hall–Kier alpha value is -1.24. The number of hydrogen-bond donors (Lipinski definition) is 0. The lowest BCUT2D eigenvalue weighted by Crippen LogP contribution is -2.23. The predicted molar refractivity (Wildman–Crippen MR) is 69.2 cm³/mol. The quantitative estimate of drug-likeness (QED) is 0.803. The maximum absolute atomic E-state index is 11.5. The van der Waals surface area contributed by atoms with Gasteiger partial charge in [-0.2, -0.15) is 5.10 Å². The van der Waals surface area contributed by atoms with Crippen molar-refractivity contribution in [3.8, 4) is 0 Å². The van der Waals surface area contributed by atoms with E-state index < -0.39 is 0 Å². The van der Waals surface area contributed by atoms with Gasteiger partial charge in [-0.15, -0.1) is 0 Å². The van der Waals surface area contributed by atoms with E-state index in [0.717, 1.165) is 9.26 Å². The molecule has 5 heteroatoms. The summed E-state index contributed by atoms with van der Waals surface area (Å²) >= 11 is 2.07. The molecule has 82 valence electrons. The summed E-state index contributed by atoms with van der Waals surface area (Å²) in [5.74, 6) is 0. The number of rotatable bonds is 3. The van der Waals surface area contributed by atoms with Gasteiger partial charge in [0.15, 0.2) is 0 Å². The minimum absolute atomic E-state index is 0.0668. The molecule has 2 aromatic rings. The monoisotopic (exact) mass is 327 g/mol. The van der Waals surface area contributed by atoms with Crippen molar-refractivity contribution in [2.45, 2.75) is 13.0 Å². The van der Waals surface area contributed by atoms with E-state index in [-0.39, 0.29) is 5.56 Å². The van der Waals surface area contributed by atoms with Gasteiger partial charge in [-0.3, -0.25) is 9.78 Å². The van der Waals surface area contributed by atoms with E-state index in [4.69, 9.17) is 0 Å². The van der Waals surface area contributed by atoms with Crippen molar-refractivity contribution >= 4 is 22.6 Å². The first kappa shape index (κ1) is 11.3. The smallest absolute Gasteiger partial charge is 0.267 e. The largest absolute Gasteiger partial charge is 0.268 e. The fourth-order valence-corrected chi connectivity index (χ4v) is 1.74. The molecule has 4 nitrogen and oxygen atoms in total. The first-order valence-electron chi connectivity index (χ1n) is 4.88. The highest BCUT2D eigenvalue weighted by Crippen LogP contribution is 1.98. The number of hydrogen-bond acceptors (Lipinski definition) is 3. The van der Waals surface area contributed by atoms with Gasteiger partial charge in [0.25, 0.3) is 5.56 Å². The fourth-order valence-electron chi connectivity index (χ4n) is 1.35. The van der Waals surface area contributed by atoms with Crippen molar-refractivity contribution in [2.75, 3.05) is 0 Å². The lowest BCUT2D eigenvalue weighted by atomic mass is 10.3. The van der Waals surface area contributed by atoms with Crippen molar-refractivity contribution in [2.24, 2.45) is 0 Å². The van der Waals surface area contributed by atoms with Crippen LogP contribution in [0.2, 0.25) is 0 Å². The minimum atomic E-state index is -0.0668. The van der Waals surface area contributed by atoms with Gasteiger partial charge in [-0.05, 0) is 34.7 Å². The van der Waals surface area contributed by atoms with Gasteiger partial charge in [0.05, 0.1) is 12.7 Å². The summed E-state index contributed by atoms with van der Waals surface area (Å²) in [7, 11) is 0. The molecular weight excluding hydrogens is 317 g/mol. The molecule has 0 saturated carbocycles. The zero-order chi connectivity index (χ0) is 11.4. The van der Waals surface area contributed by atoms with Gasteiger partial charge < -0.3 is 0 Å². The Bertz CT molecular complexity index is 524. The fraction of sp³-hybridized carbons (Fsp3) is 0.182. The van der Waals surface area contributed by atoms with Gasteiger partial charge in [0.2, 0.25) is 0 Å². The van der Waals surface area contributed by atoms with Crippen LogP contribution in [0, 0.1) is 3.57 Å². The van der Waals surface area contributed by atoms with Crippen LogP contribution < -0.4 is 5.56 Å². The molecule has 0 unspecified atom stereocenters. The predicted octanol–water partition coefficient (Wildman–Crippen LogP) is 1.49. The lowest BCUT2D eigenvalue weighted by molar-refractivity contribution is 0.571. The Morgan fingerprint density at radius 3 is 2.94 bits per heavy atom. The Balaban J connectivity index is 2.08. The summed E-state index contributed by atoms with van der Waals surface area (Å²) in [5.41, 5.74) is 0.901. The summed E-state index contributed by atoms with van der Waals surface area (Å²) in [6.45, 7) is 0.562. The van der Waals surface area contributed by atoms with Crippen molar-refractivity contribution in [1.29, 1.82) is 0 Å². The minimum Gasteiger partial charge on any atom is -0.268 e.